The fourth-order valence-electron chi connectivity index (χ4n) is 1.86. The van der Waals surface area contributed by atoms with Gasteiger partial charge in [-0.3, -0.25) is 0 Å². The lowest BCUT2D eigenvalue weighted by molar-refractivity contribution is 0.0596. The Morgan fingerprint density at radius 3 is 2.57 bits per heavy atom. The second-order valence-electron chi connectivity index (χ2n) is 4.67. The summed E-state index contributed by atoms with van der Waals surface area (Å²) in [6, 6.07) is 2.99. The molecule has 0 aliphatic rings. The standard InChI is InChI=1S/C14H20FNO4S/c1-4-5-6-9-16(2)21(18,19)13-10-11(15)7-8-12(13)14(17)20-3/h7-8,10H,4-6,9H2,1-3H3. The first-order chi connectivity index (χ1) is 9.84. The minimum atomic E-state index is -3.94. The quantitative estimate of drug-likeness (QED) is 0.572. The Bertz CT molecular complexity index is 601. The number of rotatable bonds is 7. The molecule has 0 unspecified atom stereocenters. The first kappa shape index (κ1) is 17.6. The van der Waals surface area contributed by atoms with Crippen LogP contribution in [0.4, 0.5) is 4.39 Å². The summed E-state index contributed by atoms with van der Waals surface area (Å²) in [6.07, 6.45) is 2.56. The monoisotopic (exact) mass is 317 g/mol. The van der Waals surface area contributed by atoms with Crippen molar-refractivity contribution in [2.45, 2.75) is 31.1 Å². The largest absolute Gasteiger partial charge is 0.465 e. The summed E-state index contributed by atoms with van der Waals surface area (Å²) in [6.45, 7) is 2.32. The number of hydrogen-bond donors (Lipinski definition) is 0. The predicted molar refractivity (Wildman–Crippen MR) is 77.1 cm³/mol. The summed E-state index contributed by atoms with van der Waals surface area (Å²) in [5, 5.41) is 0. The van der Waals surface area contributed by atoms with Gasteiger partial charge in [0.1, 0.15) is 5.82 Å². The van der Waals surface area contributed by atoms with Crippen molar-refractivity contribution in [1.82, 2.24) is 4.31 Å². The molecule has 0 spiro atoms. The van der Waals surface area contributed by atoms with E-state index in [2.05, 4.69) is 4.74 Å². The minimum absolute atomic E-state index is 0.166. The van der Waals surface area contributed by atoms with E-state index in [0.29, 0.717) is 13.0 Å². The van der Waals surface area contributed by atoms with E-state index in [0.717, 1.165) is 42.5 Å². The number of sulfonamides is 1. The van der Waals surface area contributed by atoms with Crippen LogP contribution in [0.3, 0.4) is 0 Å². The van der Waals surface area contributed by atoms with Crippen LogP contribution in [0.5, 0.6) is 0 Å². The Labute approximate surface area is 124 Å². The van der Waals surface area contributed by atoms with Gasteiger partial charge in [0, 0.05) is 13.6 Å². The van der Waals surface area contributed by atoms with Gasteiger partial charge >= 0.3 is 5.97 Å². The second kappa shape index (κ2) is 7.51. The van der Waals surface area contributed by atoms with Crippen molar-refractivity contribution in [3.05, 3.63) is 29.6 Å². The van der Waals surface area contributed by atoms with Crippen molar-refractivity contribution in [3.8, 4) is 0 Å². The van der Waals surface area contributed by atoms with Gasteiger partial charge in [-0.2, -0.15) is 0 Å². The average Bonchev–Trinajstić information content (AvgIpc) is 2.46. The highest BCUT2D eigenvalue weighted by Gasteiger charge is 2.27. The zero-order chi connectivity index (χ0) is 16.0. The van der Waals surface area contributed by atoms with E-state index in [1.165, 1.54) is 7.05 Å². The minimum Gasteiger partial charge on any atom is -0.465 e. The van der Waals surface area contributed by atoms with Crippen molar-refractivity contribution in [2.24, 2.45) is 0 Å². The maximum atomic E-state index is 13.4. The zero-order valence-electron chi connectivity index (χ0n) is 12.4. The van der Waals surface area contributed by atoms with Gasteiger partial charge in [-0.1, -0.05) is 19.8 Å². The highest BCUT2D eigenvalue weighted by atomic mass is 32.2. The third-order valence-corrected chi connectivity index (χ3v) is 5.01. The molecule has 0 saturated heterocycles. The van der Waals surface area contributed by atoms with E-state index in [9.17, 15) is 17.6 Å². The zero-order valence-corrected chi connectivity index (χ0v) is 13.2. The van der Waals surface area contributed by atoms with Gasteiger partial charge in [0.15, 0.2) is 0 Å². The highest BCUT2D eigenvalue weighted by molar-refractivity contribution is 7.89. The van der Waals surface area contributed by atoms with E-state index < -0.39 is 21.8 Å². The van der Waals surface area contributed by atoms with E-state index in [-0.39, 0.29) is 10.5 Å². The van der Waals surface area contributed by atoms with Crippen LogP contribution in [0.2, 0.25) is 0 Å². The topological polar surface area (TPSA) is 63.7 Å². The number of halogens is 1. The predicted octanol–water partition coefficient (Wildman–Crippen LogP) is 2.42. The molecule has 21 heavy (non-hydrogen) atoms. The van der Waals surface area contributed by atoms with Crippen LogP contribution in [-0.2, 0) is 14.8 Å². The second-order valence-corrected chi connectivity index (χ2v) is 6.68. The Kier molecular flexibility index (Phi) is 6.29. The van der Waals surface area contributed by atoms with Crippen molar-refractivity contribution in [1.29, 1.82) is 0 Å². The Morgan fingerprint density at radius 2 is 2.00 bits per heavy atom. The van der Waals surface area contributed by atoms with Crippen LogP contribution in [0.1, 0.15) is 36.5 Å². The van der Waals surface area contributed by atoms with Crippen LogP contribution in [0.25, 0.3) is 0 Å². The lowest BCUT2D eigenvalue weighted by Gasteiger charge is -2.18. The van der Waals surface area contributed by atoms with E-state index >= 15 is 0 Å². The third-order valence-electron chi connectivity index (χ3n) is 3.11. The first-order valence-electron chi connectivity index (χ1n) is 6.68. The maximum Gasteiger partial charge on any atom is 0.339 e. The van der Waals surface area contributed by atoms with E-state index in [1.54, 1.807) is 0 Å². The Balaban J connectivity index is 3.17. The number of carbonyl (C=O) groups excluding carboxylic acids is 1. The van der Waals surface area contributed by atoms with Crippen molar-refractivity contribution in [3.63, 3.8) is 0 Å². The normalized spacial score (nSPS) is 11.7. The van der Waals surface area contributed by atoms with E-state index in [1.807, 2.05) is 6.92 Å². The van der Waals surface area contributed by atoms with Crippen molar-refractivity contribution in [2.75, 3.05) is 20.7 Å². The third kappa shape index (κ3) is 4.25. The fourth-order valence-corrected chi connectivity index (χ4v) is 3.26. The molecule has 0 aliphatic heterocycles. The number of nitrogens with zero attached hydrogens (tertiary/aromatic N) is 1. The van der Waals surface area contributed by atoms with Crippen LogP contribution >= 0.6 is 0 Å². The lowest BCUT2D eigenvalue weighted by Crippen LogP contribution is -2.29. The number of carbonyl (C=O) groups is 1. The first-order valence-corrected chi connectivity index (χ1v) is 8.12. The molecule has 1 aromatic carbocycles. The molecule has 5 nitrogen and oxygen atoms in total. The Morgan fingerprint density at radius 1 is 1.33 bits per heavy atom. The van der Waals surface area contributed by atoms with Crippen LogP contribution in [0, 0.1) is 5.82 Å². The summed E-state index contributed by atoms with van der Waals surface area (Å²) in [5.74, 6) is -1.53. The van der Waals surface area contributed by atoms with Crippen LogP contribution < -0.4 is 0 Å². The maximum absolute atomic E-state index is 13.4. The van der Waals surface area contributed by atoms with Crippen LogP contribution in [0.15, 0.2) is 23.1 Å². The van der Waals surface area contributed by atoms with Crippen LogP contribution in [-0.4, -0.2) is 39.4 Å². The van der Waals surface area contributed by atoms with Gasteiger partial charge < -0.3 is 4.74 Å². The molecule has 0 amide bonds. The molecule has 0 bridgehead atoms. The molecule has 0 atom stereocenters. The van der Waals surface area contributed by atoms with Gasteiger partial charge in [-0.15, -0.1) is 0 Å². The number of esters is 1. The van der Waals surface area contributed by atoms with Gasteiger partial charge in [0.05, 0.1) is 17.6 Å². The molecule has 0 saturated carbocycles. The van der Waals surface area contributed by atoms with Crippen molar-refractivity contribution < 1.29 is 22.3 Å². The molecule has 0 aromatic heterocycles. The molecule has 7 heteroatoms. The van der Waals surface area contributed by atoms with Gasteiger partial charge in [0.25, 0.3) is 0 Å². The van der Waals surface area contributed by atoms with Gasteiger partial charge in [0.2, 0.25) is 10.0 Å². The smallest absolute Gasteiger partial charge is 0.339 e. The SMILES string of the molecule is CCCCCN(C)S(=O)(=O)c1cc(F)ccc1C(=O)OC. The molecule has 0 N–H and O–H groups in total. The van der Waals surface area contributed by atoms with Crippen molar-refractivity contribution >= 4 is 16.0 Å². The molecule has 1 rings (SSSR count). The number of benzene rings is 1. The average molecular weight is 317 g/mol. The molecule has 1 aromatic rings. The molecule has 0 radical (unpaired) electrons. The fraction of sp³-hybridized carbons (Fsp3) is 0.500. The molecular formula is C14H20FNO4S. The number of hydrogen-bond acceptors (Lipinski definition) is 4. The molecular weight excluding hydrogens is 297 g/mol. The molecule has 0 heterocycles. The summed E-state index contributed by atoms with van der Waals surface area (Å²) in [7, 11) is -1.38. The summed E-state index contributed by atoms with van der Waals surface area (Å²) in [4.78, 5) is 11.3. The highest BCUT2D eigenvalue weighted by Crippen LogP contribution is 2.22. The molecule has 118 valence electrons. The molecule has 0 fully saturated rings. The van der Waals surface area contributed by atoms with Gasteiger partial charge in [-0.05, 0) is 24.6 Å². The molecule has 0 aliphatic carbocycles. The Hall–Kier alpha value is -1.47. The van der Waals surface area contributed by atoms with E-state index in [4.69, 9.17) is 0 Å². The summed E-state index contributed by atoms with van der Waals surface area (Å²) >= 11 is 0. The lowest BCUT2D eigenvalue weighted by atomic mass is 10.2. The number of unbranched alkanes of at least 4 members (excludes halogenated alkanes) is 2. The number of ether oxygens (including phenoxy) is 1. The summed E-state index contributed by atoms with van der Waals surface area (Å²) < 4.78 is 44.0. The number of methoxy groups -OCH3 is 1. The van der Waals surface area contributed by atoms with Gasteiger partial charge in [-0.25, -0.2) is 21.9 Å². The summed E-state index contributed by atoms with van der Waals surface area (Å²) in [5.41, 5.74) is -0.166.